The Morgan fingerprint density at radius 3 is 2.81 bits per heavy atom. The quantitative estimate of drug-likeness (QED) is 0.713. The molecule has 2 heterocycles. The molecule has 16 heavy (non-hydrogen) atoms. The molecule has 2 rings (SSSR count). The molecule has 0 amide bonds. The highest BCUT2D eigenvalue weighted by Gasteiger charge is 2.15. The number of nitrogen functional groups attached to an aromatic ring is 1. The fraction of sp³-hybridized carbons (Fsp3) is 0.273. The molecular formula is C11H14N4O. The highest BCUT2D eigenvalue weighted by atomic mass is 16.1. The Kier molecular flexibility index (Phi) is 2.52. The standard InChI is InChI=1S/C11H14N4O/c1-6(2)9-10(14-15-11(9)12)7-3-4-13-8(16)5-7/h3-6H,1-2H3,(H,13,16)(H3,12,14,15). The van der Waals surface area contributed by atoms with Gasteiger partial charge in [0.15, 0.2) is 0 Å². The molecule has 2 aromatic heterocycles. The van der Waals surface area contributed by atoms with Gasteiger partial charge in [0, 0.05) is 23.4 Å². The number of pyridine rings is 1. The summed E-state index contributed by atoms with van der Waals surface area (Å²) in [4.78, 5) is 13.8. The number of hydrogen-bond acceptors (Lipinski definition) is 3. The van der Waals surface area contributed by atoms with E-state index in [4.69, 9.17) is 5.73 Å². The molecule has 5 nitrogen and oxygen atoms in total. The van der Waals surface area contributed by atoms with Crippen molar-refractivity contribution in [2.45, 2.75) is 19.8 Å². The summed E-state index contributed by atoms with van der Waals surface area (Å²) in [6, 6.07) is 3.35. The van der Waals surface area contributed by atoms with Gasteiger partial charge in [-0.2, -0.15) is 5.10 Å². The predicted octanol–water partition coefficient (Wildman–Crippen LogP) is 1.47. The zero-order chi connectivity index (χ0) is 11.7. The van der Waals surface area contributed by atoms with Crippen LogP contribution in [0.3, 0.4) is 0 Å². The predicted molar refractivity (Wildman–Crippen MR) is 63.1 cm³/mol. The summed E-state index contributed by atoms with van der Waals surface area (Å²) in [5.74, 6) is 0.748. The highest BCUT2D eigenvalue weighted by molar-refractivity contribution is 5.68. The molecule has 0 atom stereocenters. The Hall–Kier alpha value is -2.04. The number of hydrogen-bond donors (Lipinski definition) is 3. The SMILES string of the molecule is CC(C)c1c(N)n[nH]c1-c1cc[nH]c(=O)c1. The fourth-order valence-electron chi connectivity index (χ4n) is 1.77. The molecule has 5 heteroatoms. The van der Waals surface area contributed by atoms with E-state index in [0.29, 0.717) is 5.82 Å². The number of aromatic nitrogens is 3. The summed E-state index contributed by atoms with van der Waals surface area (Å²) in [7, 11) is 0. The van der Waals surface area contributed by atoms with E-state index in [1.807, 2.05) is 19.9 Å². The summed E-state index contributed by atoms with van der Waals surface area (Å²) in [5, 5.41) is 6.86. The van der Waals surface area contributed by atoms with Gasteiger partial charge in [-0.1, -0.05) is 13.8 Å². The Morgan fingerprint density at radius 1 is 1.44 bits per heavy atom. The van der Waals surface area contributed by atoms with Gasteiger partial charge in [0.2, 0.25) is 5.56 Å². The molecule has 0 fully saturated rings. The van der Waals surface area contributed by atoms with Crippen molar-refractivity contribution >= 4 is 5.82 Å². The molecule has 0 saturated carbocycles. The minimum absolute atomic E-state index is 0.139. The monoisotopic (exact) mass is 218 g/mol. The molecule has 0 saturated heterocycles. The van der Waals surface area contributed by atoms with Crippen molar-refractivity contribution in [3.05, 3.63) is 34.2 Å². The van der Waals surface area contributed by atoms with Crippen LogP contribution in [0.25, 0.3) is 11.3 Å². The third-order valence-electron chi connectivity index (χ3n) is 2.47. The van der Waals surface area contributed by atoms with Crippen molar-refractivity contribution in [2.24, 2.45) is 0 Å². The van der Waals surface area contributed by atoms with Gasteiger partial charge in [0.05, 0.1) is 5.69 Å². The Morgan fingerprint density at radius 2 is 2.19 bits per heavy atom. The van der Waals surface area contributed by atoms with Crippen LogP contribution in [0.2, 0.25) is 0 Å². The van der Waals surface area contributed by atoms with E-state index in [2.05, 4.69) is 15.2 Å². The molecule has 4 N–H and O–H groups in total. The van der Waals surface area contributed by atoms with Crippen LogP contribution < -0.4 is 11.3 Å². The van der Waals surface area contributed by atoms with E-state index in [1.54, 1.807) is 6.20 Å². The van der Waals surface area contributed by atoms with Gasteiger partial charge in [0.1, 0.15) is 5.82 Å². The summed E-state index contributed by atoms with van der Waals surface area (Å²) >= 11 is 0. The van der Waals surface area contributed by atoms with Crippen molar-refractivity contribution < 1.29 is 0 Å². The first kappa shape index (κ1) is 10.5. The lowest BCUT2D eigenvalue weighted by molar-refractivity contribution is 0.873. The molecule has 0 radical (unpaired) electrons. The summed E-state index contributed by atoms with van der Waals surface area (Å²) in [6.07, 6.45) is 1.61. The fourth-order valence-corrected chi connectivity index (χ4v) is 1.77. The van der Waals surface area contributed by atoms with Gasteiger partial charge in [-0.25, -0.2) is 0 Å². The molecule has 2 aromatic rings. The number of aromatic amines is 2. The average Bonchev–Trinajstić information content (AvgIpc) is 2.60. The van der Waals surface area contributed by atoms with E-state index in [-0.39, 0.29) is 11.5 Å². The maximum Gasteiger partial charge on any atom is 0.248 e. The van der Waals surface area contributed by atoms with E-state index >= 15 is 0 Å². The second kappa shape index (κ2) is 3.84. The number of anilines is 1. The minimum Gasteiger partial charge on any atom is -0.382 e. The maximum absolute atomic E-state index is 11.2. The molecule has 0 aliphatic heterocycles. The number of nitrogens with two attached hydrogens (primary N) is 1. The van der Waals surface area contributed by atoms with Crippen molar-refractivity contribution in [1.82, 2.24) is 15.2 Å². The third-order valence-corrected chi connectivity index (χ3v) is 2.47. The molecule has 0 unspecified atom stereocenters. The lowest BCUT2D eigenvalue weighted by Gasteiger charge is -2.06. The van der Waals surface area contributed by atoms with Crippen LogP contribution >= 0.6 is 0 Å². The molecular weight excluding hydrogens is 204 g/mol. The van der Waals surface area contributed by atoms with Crippen LogP contribution in [-0.2, 0) is 0 Å². The minimum atomic E-state index is -0.139. The number of H-pyrrole nitrogens is 2. The van der Waals surface area contributed by atoms with Gasteiger partial charge in [-0.05, 0) is 12.0 Å². The lowest BCUT2D eigenvalue weighted by Crippen LogP contribution is -2.03. The molecule has 0 aliphatic rings. The normalized spacial score (nSPS) is 10.9. The number of nitrogens with one attached hydrogen (secondary N) is 2. The van der Waals surface area contributed by atoms with E-state index in [0.717, 1.165) is 16.8 Å². The largest absolute Gasteiger partial charge is 0.382 e. The van der Waals surface area contributed by atoms with Crippen LogP contribution in [-0.4, -0.2) is 15.2 Å². The van der Waals surface area contributed by atoms with Crippen molar-refractivity contribution in [3.63, 3.8) is 0 Å². The van der Waals surface area contributed by atoms with E-state index in [1.165, 1.54) is 6.07 Å². The van der Waals surface area contributed by atoms with Crippen LogP contribution in [0.5, 0.6) is 0 Å². The topological polar surface area (TPSA) is 87.6 Å². The zero-order valence-electron chi connectivity index (χ0n) is 9.24. The van der Waals surface area contributed by atoms with Crippen molar-refractivity contribution in [1.29, 1.82) is 0 Å². The van der Waals surface area contributed by atoms with Gasteiger partial charge in [0.25, 0.3) is 0 Å². The second-order valence-electron chi connectivity index (χ2n) is 3.99. The maximum atomic E-state index is 11.2. The van der Waals surface area contributed by atoms with Gasteiger partial charge in [-0.15, -0.1) is 0 Å². The summed E-state index contributed by atoms with van der Waals surface area (Å²) < 4.78 is 0. The van der Waals surface area contributed by atoms with Crippen LogP contribution in [0.4, 0.5) is 5.82 Å². The number of nitrogens with zero attached hydrogens (tertiary/aromatic N) is 1. The Balaban J connectivity index is 2.60. The Bertz CT molecular complexity index is 553. The molecule has 0 aromatic carbocycles. The molecule has 0 spiro atoms. The van der Waals surface area contributed by atoms with E-state index < -0.39 is 0 Å². The van der Waals surface area contributed by atoms with Crippen molar-refractivity contribution in [3.8, 4) is 11.3 Å². The van der Waals surface area contributed by atoms with Crippen molar-refractivity contribution in [2.75, 3.05) is 5.73 Å². The first-order valence-corrected chi connectivity index (χ1v) is 5.12. The smallest absolute Gasteiger partial charge is 0.248 e. The highest BCUT2D eigenvalue weighted by Crippen LogP contribution is 2.30. The van der Waals surface area contributed by atoms with Gasteiger partial charge >= 0.3 is 0 Å². The zero-order valence-corrected chi connectivity index (χ0v) is 9.24. The molecule has 0 bridgehead atoms. The Labute approximate surface area is 92.7 Å². The van der Waals surface area contributed by atoms with Gasteiger partial charge < -0.3 is 10.7 Å². The average molecular weight is 218 g/mol. The van der Waals surface area contributed by atoms with Crippen LogP contribution in [0.15, 0.2) is 23.1 Å². The molecule has 0 aliphatic carbocycles. The van der Waals surface area contributed by atoms with Crippen LogP contribution in [0, 0.1) is 0 Å². The first-order valence-electron chi connectivity index (χ1n) is 5.12. The summed E-state index contributed by atoms with van der Waals surface area (Å²) in [6.45, 7) is 4.08. The van der Waals surface area contributed by atoms with E-state index in [9.17, 15) is 4.79 Å². The first-order chi connectivity index (χ1) is 7.59. The van der Waals surface area contributed by atoms with Crippen LogP contribution in [0.1, 0.15) is 25.3 Å². The third kappa shape index (κ3) is 1.71. The lowest BCUT2D eigenvalue weighted by atomic mass is 9.99. The molecule has 84 valence electrons. The number of rotatable bonds is 2. The summed E-state index contributed by atoms with van der Waals surface area (Å²) in [5.41, 5.74) is 8.22. The second-order valence-corrected chi connectivity index (χ2v) is 3.99. The van der Waals surface area contributed by atoms with Gasteiger partial charge in [-0.3, -0.25) is 9.89 Å².